The largest absolute Gasteiger partial charge is 0.410 e. The van der Waals surface area contributed by atoms with E-state index in [9.17, 15) is 31.9 Å². The number of alkyl halides is 3. The molecule has 4 rings (SSSR count). The van der Waals surface area contributed by atoms with E-state index in [0.29, 0.717) is 12.0 Å². The van der Waals surface area contributed by atoms with Crippen LogP contribution in [0.3, 0.4) is 0 Å². The van der Waals surface area contributed by atoms with Crippen LogP contribution in [0.2, 0.25) is 0 Å². The van der Waals surface area contributed by atoms with Crippen LogP contribution >= 0.6 is 0 Å². The number of nitrogens with zero attached hydrogens (tertiary/aromatic N) is 4. The number of aryl methyl sites for hydroxylation is 2. The summed E-state index contributed by atoms with van der Waals surface area (Å²) in [6, 6.07) is 1.45. The minimum absolute atomic E-state index is 0.0268. The van der Waals surface area contributed by atoms with Crippen molar-refractivity contribution in [3.63, 3.8) is 0 Å². The molecular weight excluding hydrogens is 566 g/mol. The van der Waals surface area contributed by atoms with E-state index in [1.807, 2.05) is 5.32 Å². The Kier molecular flexibility index (Phi) is 9.04. The number of hydrogen-bond donors (Lipinski definition) is 3. The molecule has 4 amide bonds. The summed E-state index contributed by atoms with van der Waals surface area (Å²) in [6.07, 6.45) is -3.01. The zero-order valence-corrected chi connectivity index (χ0v) is 22.7. The van der Waals surface area contributed by atoms with Crippen molar-refractivity contribution in [2.24, 2.45) is 0 Å². The Hall–Kier alpha value is -4.60. The van der Waals surface area contributed by atoms with E-state index in [1.54, 1.807) is 6.92 Å². The third kappa shape index (κ3) is 6.64. The minimum Gasteiger partial charge on any atom is -0.382 e. The Morgan fingerprint density at radius 3 is 2.62 bits per heavy atom. The molecule has 42 heavy (non-hydrogen) atoms. The second kappa shape index (κ2) is 12.5. The van der Waals surface area contributed by atoms with Crippen LogP contribution in [0, 0.1) is 12.7 Å². The number of amides is 4. The van der Waals surface area contributed by atoms with Gasteiger partial charge in [0.25, 0.3) is 11.8 Å². The third-order valence-corrected chi connectivity index (χ3v) is 6.61. The van der Waals surface area contributed by atoms with E-state index in [1.165, 1.54) is 44.5 Å². The van der Waals surface area contributed by atoms with Gasteiger partial charge in [0.15, 0.2) is 5.69 Å². The first-order chi connectivity index (χ1) is 19.9. The smallest absolute Gasteiger partial charge is 0.382 e. The van der Waals surface area contributed by atoms with Gasteiger partial charge in [-0.2, -0.15) is 13.2 Å². The van der Waals surface area contributed by atoms with Crippen molar-refractivity contribution in [2.45, 2.75) is 44.6 Å². The van der Waals surface area contributed by atoms with Gasteiger partial charge in [-0.05, 0) is 53.4 Å². The van der Waals surface area contributed by atoms with Gasteiger partial charge >= 0.3 is 12.2 Å². The van der Waals surface area contributed by atoms with Gasteiger partial charge in [-0.3, -0.25) is 9.59 Å². The fraction of sp³-hybridized carbons (Fsp3) is 0.385. The van der Waals surface area contributed by atoms with Crippen molar-refractivity contribution in [3.05, 3.63) is 70.4 Å². The fourth-order valence-corrected chi connectivity index (χ4v) is 4.41. The number of urea groups is 1. The SMILES string of the molecule is CCc1nonc1C(=O)N[C@H](C(=O)Nc1cc([C@@H](COC)N2C[C@@H](C(F)(F)F)NC2=O)ccn1)c1ccc(F)c(C)c1. The van der Waals surface area contributed by atoms with Crippen LogP contribution in [0.25, 0.3) is 0 Å². The number of anilines is 1. The van der Waals surface area contributed by atoms with E-state index in [4.69, 9.17) is 4.74 Å². The number of benzene rings is 1. The molecule has 1 fully saturated rings. The second-order valence-corrected chi connectivity index (χ2v) is 9.46. The first-order valence-corrected chi connectivity index (χ1v) is 12.7. The lowest BCUT2D eigenvalue weighted by molar-refractivity contribution is -0.150. The maximum absolute atomic E-state index is 14.0. The van der Waals surface area contributed by atoms with Gasteiger partial charge in [0.05, 0.1) is 19.2 Å². The second-order valence-electron chi connectivity index (χ2n) is 9.46. The number of ether oxygens (including phenoxy) is 1. The molecular formula is C26H27F4N7O5. The van der Waals surface area contributed by atoms with Crippen LogP contribution in [0.15, 0.2) is 41.2 Å². The van der Waals surface area contributed by atoms with Crippen LogP contribution < -0.4 is 16.0 Å². The highest BCUT2D eigenvalue weighted by molar-refractivity contribution is 6.01. The molecule has 1 aliphatic rings. The van der Waals surface area contributed by atoms with Gasteiger partial charge in [-0.1, -0.05) is 24.2 Å². The highest BCUT2D eigenvalue weighted by atomic mass is 19.4. The molecule has 3 N–H and O–H groups in total. The van der Waals surface area contributed by atoms with E-state index >= 15 is 0 Å². The van der Waals surface area contributed by atoms with Crippen molar-refractivity contribution in [3.8, 4) is 0 Å². The molecule has 1 aromatic carbocycles. The Morgan fingerprint density at radius 1 is 1.21 bits per heavy atom. The molecule has 3 heterocycles. The van der Waals surface area contributed by atoms with E-state index < -0.39 is 54.5 Å². The van der Waals surface area contributed by atoms with Gasteiger partial charge in [0, 0.05) is 13.3 Å². The lowest BCUT2D eigenvalue weighted by Gasteiger charge is -2.27. The number of carbonyl (C=O) groups excluding carboxylic acids is 3. The fourth-order valence-electron chi connectivity index (χ4n) is 4.41. The van der Waals surface area contributed by atoms with E-state index in [-0.39, 0.29) is 34.9 Å². The number of nitrogens with one attached hydrogen (secondary N) is 3. The predicted octanol–water partition coefficient (Wildman–Crippen LogP) is 3.23. The van der Waals surface area contributed by atoms with Crippen LogP contribution in [-0.4, -0.2) is 70.5 Å². The van der Waals surface area contributed by atoms with Crippen LogP contribution in [0.1, 0.15) is 51.9 Å². The molecule has 1 saturated heterocycles. The average molecular weight is 594 g/mol. The quantitative estimate of drug-likeness (QED) is 0.303. The molecule has 0 saturated carbocycles. The zero-order valence-electron chi connectivity index (χ0n) is 22.7. The van der Waals surface area contributed by atoms with Crippen molar-refractivity contribution >= 4 is 23.7 Å². The number of pyridine rings is 1. The zero-order chi connectivity index (χ0) is 30.6. The van der Waals surface area contributed by atoms with Crippen molar-refractivity contribution < 1.29 is 41.3 Å². The molecule has 0 aliphatic carbocycles. The van der Waals surface area contributed by atoms with Crippen LogP contribution in [-0.2, 0) is 16.0 Å². The van der Waals surface area contributed by atoms with E-state index in [0.717, 1.165) is 11.0 Å². The third-order valence-electron chi connectivity index (χ3n) is 6.61. The number of halogens is 4. The highest BCUT2D eigenvalue weighted by Gasteiger charge is 2.48. The molecule has 0 spiro atoms. The lowest BCUT2D eigenvalue weighted by atomic mass is 10.0. The normalized spacial score (nSPS) is 16.6. The first kappa shape index (κ1) is 30.4. The molecule has 12 nitrogen and oxygen atoms in total. The maximum atomic E-state index is 14.0. The number of hydrogen-bond acceptors (Lipinski definition) is 8. The Morgan fingerprint density at radius 2 is 1.98 bits per heavy atom. The number of aromatic nitrogens is 3. The summed E-state index contributed by atoms with van der Waals surface area (Å²) >= 11 is 0. The number of rotatable bonds is 10. The van der Waals surface area contributed by atoms with Crippen molar-refractivity contribution in [2.75, 3.05) is 25.6 Å². The molecule has 2 aromatic heterocycles. The molecule has 16 heteroatoms. The highest BCUT2D eigenvalue weighted by Crippen LogP contribution is 2.31. The molecule has 0 bridgehead atoms. The summed E-state index contributed by atoms with van der Waals surface area (Å²) in [6.45, 7) is 2.43. The number of carbonyl (C=O) groups is 3. The topological polar surface area (TPSA) is 152 Å². The van der Waals surface area contributed by atoms with Crippen LogP contribution in [0.5, 0.6) is 0 Å². The standard InChI is InChI=1S/C26H27F4N7O5/c1-4-17-22(36-42-35-17)24(39)34-21(15-5-6-16(27)13(2)9-15)23(38)33-20-10-14(7-8-31-20)18(12-41-3)37-11-19(26(28,29)30)32-25(37)40/h5-10,18-19,21H,4,11-12H2,1-3H3,(H,32,40)(H,34,39)(H,31,33,38)/t18-,19+,21+/m1/s1. The van der Waals surface area contributed by atoms with Crippen LogP contribution in [0.4, 0.5) is 28.2 Å². The molecule has 3 aromatic rings. The van der Waals surface area contributed by atoms with Gasteiger partial charge < -0.3 is 25.6 Å². The maximum Gasteiger partial charge on any atom is 0.410 e. The minimum atomic E-state index is -4.64. The Bertz CT molecular complexity index is 1460. The molecule has 224 valence electrons. The molecule has 3 atom stereocenters. The predicted molar refractivity (Wildman–Crippen MR) is 138 cm³/mol. The van der Waals surface area contributed by atoms with Gasteiger partial charge in [-0.15, -0.1) is 0 Å². The number of methoxy groups -OCH3 is 1. The Balaban J connectivity index is 1.60. The van der Waals surface area contributed by atoms with Gasteiger partial charge in [0.1, 0.15) is 29.4 Å². The summed E-state index contributed by atoms with van der Waals surface area (Å²) in [5.41, 5.74) is 0.937. The summed E-state index contributed by atoms with van der Waals surface area (Å²) in [5, 5.41) is 14.3. The summed E-state index contributed by atoms with van der Waals surface area (Å²) in [4.78, 5) is 44.0. The van der Waals surface area contributed by atoms with Crippen molar-refractivity contribution in [1.29, 1.82) is 0 Å². The Labute approximate surface area is 236 Å². The summed E-state index contributed by atoms with van der Waals surface area (Å²) in [5.74, 6) is -2.08. The molecule has 1 aliphatic heterocycles. The molecule has 0 radical (unpaired) electrons. The van der Waals surface area contributed by atoms with Gasteiger partial charge in [0.2, 0.25) is 0 Å². The first-order valence-electron chi connectivity index (χ1n) is 12.7. The summed E-state index contributed by atoms with van der Waals surface area (Å²) < 4.78 is 63.6. The van der Waals surface area contributed by atoms with Gasteiger partial charge in [-0.25, -0.2) is 18.8 Å². The lowest BCUT2D eigenvalue weighted by Crippen LogP contribution is -2.40. The average Bonchev–Trinajstić information content (AvgIpc) is 3.58. The van der Waals surface area contributed by atoms with E-state index in [2.05, 4.69) is 30.6 Å². The van der Waals surface area contributed by atoms with Crippen molar-refractivity contribution in [1.82, 2.24) is 30.8 Å². The summed E-state index contributed by atoms with van der Waals surface area (Å²) in [7, 11) is 1.33. The molecule has 0 unspecified atom stereocenters. The monoisotopic (exact) mass is 593 g/mol.